The molecule has 1 fully saturated rings. The summed E-state index contributed by atoms with van der Waals surface area (Å²) in [5, 5.41) is 0. The van der Waals surface area contributed by atoms with E-state index in [0.717, 1.165) is 47.7 Å². The van der Waals surface area contributed by atoms with Crippen LogP contribution >= 0.6 is 0 Å². The van der Waals surface area contributed by atoms with Gasteiger partial charge in [0.05, 0.1) is 17.1 Å². The third-order valence-electron chi connectivity index (χ3n) is 5.25. The van der Waals surface area contributed by atoms with Crippen LogP contribution in [-0.2, 0) is 17.3 Å². The fraction of sp³-hybridized carbons (Fsp3) is 0.333. The molecule has 5 nitrogen and oxygen atoms in total. The normalized spacial score (nSPS) is 18.1. The SMILES string of the molecule is CCn1c([C@@H]2CCCN2C(=O)c2ccc([S@](C)=O)cc2)nc2ccccc21. The maximum atomic E-state index is 13.1. The van der Waals surface area contributed by atoms with E-state index in [1.165, 1.54) is 0 Å². The first-order valence-corrected chi connectivity index (χ1v) is 10.9. The van der Waals surface area contributed by atoms with Crippen LogP contribution in [0.4, 0.5) is 0 Å². The molecule has 0 radical (unpaired) electrons. The summed E-state index contributed by atoms with van der Waals surface area (Å²) >= 11 is 0. The van der Waals surface area contributed by atoms with Crippen LogP contribution < -0.4 is 0 Å². The Morgan fingerprint density at radius 3 is 2.63 bits per heavy atom. The molecule has 0 saturated carbocycles. The number of hydrogen-bond donors (Lipinski definition) is 0. The Balaban J connectivity index is 1.68. The second-order valence-corrected chi connectivity index (χ2v) is 8.22. The van der Waals surface area contributed by atoms with Gasteiger partial charge < -0.3 is 9.47 Å². The molecule has 140 valence electrons. The molecule has 27 heavy (non-hydrogen) atoms. The summed E-state index contributed by atoms with van der Waals surface area (Å²) in [5.74, 6) is 0.983. The number of imidazole rings is 1. The topological polar surface area (TPSA) is 55.2 Å². The average Bonchev–Trinajstić information content (AvgIpc) is 3.31. The molecule has 3 aromatic rings. The zero-order valence-electron chi connectivity index (χ0n) is 15.6. The lowest BCUT2D eigenvalue weighted by Gasteiger charge is -2.25. The smallest absolute Gasteiger partial charge is 0.254 e. The summed E-state index contributed by atoms with van der Waals surface area (Å²) in [6.45, 7) is 3.67. The third-order valence-corrected chi connectivity index (χ3v) is 6.18. The first-order chi connectivity index (χ1) is 13.1. The van der Waals surface area contributed by atoms with Gasteiger partial charge in [0.1, 0.15) is 5.82 Å². The molecule has 1 aliphatic heterocycles. The van der Waals surface area contributed by atoms with E-state index < -0.39 is 10.8 Å². The van der Waals surface area contributed by atoms with Gasteiger partial charge in [0, 0.05) is 40.6 Å². The van der Waals surface area contributed by atoms with E-state index >= 15 is 0 Å². The van der Waals surface area contributed by atoms with Crippen molar-refractivity contribution in [3.05, 3.63) is 59.9 Å². The number of benzene rings is 2. The number of amides is 1. The monoisotopic (exact) mass is 381 g/mol. The first kappa shape index (κ1) is 17.9. The van der Waals surface area contributed by atoms with Crippen LogP contribution in [0.2, 0.25) is 0 Å². The lowest BCUT2D eigenvalue weighted by Crippen LogP contribution is -2.32. The van der Waals surface area contributed by atoms with Crippen molar-refractivity contribution in [1.82, 2.24) is 14.5 Å². The average molecular weight is 382 g/mol. The van der Waals surface area contributed by atoms with Gasteiger partial charge in [-0.25, -0.2) is 4.98 Å². The quantitative estimate of drug-likeness (QED) is 0.691. The fourth-order valence-corrected chi connectivity index (χ4v) is 4.43. The van der Waals surface area contributed by atoms with E-state index in [1.54, 1.807) is 30.5 Å². The van der Waals surface area contributed by atoms with Crippen molar-refractivity contribution in [3.8, 4) is 0 Å². The van der Waals surface area contributed by atoms with Gasteiger partial charge in [-0.15, -0.1) is 0 Å². The summed E-state index contributed by atoms with van der Waals surface area (Å²) in [5.41, 5.74) is 2.72. The highest BCUT2D eigenvalue weighted by Gasteiger charge is 2.34. The molecule has 6 heteroatoms. The maximum absolute atomic E-state index is 13.1. The van der Waals surface area contributed by atoms with Gasteiger partial charge in [0.2, 0.25) is 0 Å². The van der Waals surface area contributed by atoms with Gasteiger partial charge in [-0.2, -0.15) is 0 Å². The Morgan fingerprint density at radius 1 is 1.19 bits per heavy atom. The first-order valence-electron chi connectivity index (χ1n) is 9.29. The molecule has 2 heterocycles. The Labute approximate surface area is 161 Å². The van der Waals surface area contributed by atoms with E-state index in [2.05, 4.69) is 17.6 Å². The van der Waals surface area contributed by atoms with Gasteiger partial charge >= 0.3 is 0 Å². The van der Waals surface area contributed by atoms with Gasteiger partial charge in [0.15, 0.2) is 0 Å². The highest BCUT2D eigenvalue weighted by atomic mass is 32.2. The van der Waals surface area contributed by atoms with Crippen LogP contribution in [0.1, 0.15) is 42.0 Å². The Hall–Kier alpha value is -2.47. The molecule has 1 saturated heterocycles. The summed E-state index contributed by atoms with van der Waals surface area (Å²) in [6, 6.07) is 15.2. The van der Waals surface area contributed by atoms with Crippen molar-refractivity contribution >= 4 is 27.7 Å². The van der Waals surface area contributed by atoms with E-state index in [9.17, 15) is 9.00 Å². The number of carbonyl (C=O) groups is 1. The number of carbonyl (C=O) groups excluding carboxylic acids is 1. The van der Waals surface area contributed by atoms with Crippen LogP contribution in [0.5, 0.6) is 0 Å². The second kappa shape index (κ2) is 7.27. The molecule has 0 aliphatic carbocycles. The lowest BCUT2D eigenvalue weighted by molar-refractivity contribution is 0.0727. The third kappa shape index (κ3) is 3.18. The van der Waals surface area contributed by atoms with Crippen molar-refractivity contribution in [2.24, 2.45) is 0 Å². The van der Waals surface area contributed by atoms with E-state index in [-0.39, 0.29) is 11.9 Å². The van der Waals surface area contributed by atoms with Crippen molar-refractivity contribution in [2.75, 3.05) is 12.8 Å². The lowest BCUT2D eigenvalue weighted by atomic mass is 10.1. The Bertz CT molecular complexity index is 1010. The number of aryl methyl sites for hydroxylation is 1. The molecule has 0 N–H and O–H groups in total. The number of nitrogens with zero attached hydrogens (tertiary/aromatic N) is 3. The zero-order chi connectivity index (χ0) is 19.0. The fourth-order valence-electron chi connectivity index (χ4n) is 3.91. The van der Waals surface area contributed by atoms with Crippen molar-refractivity contribution in [2.45, 2.75) is 37.2 Å². The minimum absolute atomic E-state index is 0.00941. The van der Waals surface area contributed by atoms with Crippen LogP contribution in [0.15, 0.2) is 53.4 Å². The van der Waals surface area contributed by atoms with Crippen molar-refractivity contribution in [3.63, 3.8) is 0 Å². The predicted octanol–water partition coefficient (Wildman–Crippen LogP) is 3.77. The zero-order valence-corrected chi connectivity index (χ0v) is 16.4. The molecular formula is C21H23N3O2S. The Morgan fingerprint density at radius 2 is 1.93 bits per heavy atom. The van der Waals surface area contributed by atoms with Crippen molar-refractivity contribution < 1.29 is 9.00 Å². The van der Waals surface area contributed by atoms with Gasteiger partial charge in [-0.3, -0.25) is 9.00 Å². The van der Waals surface area contributed by atoms with Gasteiger partial charge in [-0.05, 0) is 56.2 Å². The molecule has 1 aromatic heterocycles. The minimum Gasteiger partial charge on any atom is -0.328 e. The van der Waals surface area contributed by atoms with Gasteiger partial charge in [0.25, 0.3) is 5.91 Å². The molecule has 4 rings (SSSR count). The van der Waals surface area contributed by atoms with Crippen LogP contribution in [-0.4, -0.2) is 37.4 Å². The standard InChI is InChI=1S/C21H23N3O2S/c1-3-23-18-8-5-4-7-17(18)22-20(23)19-9-6-14-24(19)21(25)15-10-12-16(13-11-15)27(2)26/h4-5,7-8,10-13,19H,3,6,9,14H2,1-2H3/t19-,27-/m0/s1. The largest absolute Gasteiger partial charge is 0.328 e. The van der Waals surface area contributed by atoms with Crippen molar-refractivity contribution in [1.29, 1.82) is 0 Å². The molecule has 1 aliphatic rings. The predicted molar refractivity (Wildman–Crippen MR) is 107 cm³/mol. The van der Waals surface area contributed by atoms with Crippen LogP contribution in [0.3, 0.4) is 0 Å². The van der Waals surface area contributed by atoms with Crippen LogP contribution in [0, 0.1) is 0 Å². The Kier molecular flexibility index (Phi) is 4.83. The molecule has 2 atom stereocenters. The molecule has 2 aromatic carbocycles. The number of hydrogen-bond acceptors (Lipinski definition) is 3. The number of aromatic nitrogens is 2. The maximum Gasteiger partial charge on any atom is 0.254 e. The summed E-state index contributed by atoms with van der Waals surface area (Å²) in [4.78, 5) is 20.7. The summed E-state index contributed by atoms with van der Waals surface area (Å²) in [7, 11) is -1.04. The summed E-state index contributed by atoms with van der Waals surface area (Å²) in [6.07, 6.45) is 3.54. The van der Waals surface area contributed by atoms with Crippen LogP contribution in [0.25, 0.3) is 11.0 Å². The molecule has 0 bridgehead atoms. The molecule has 0 unspecified atom stereocenters. The number of fused-ring (bicyclic) bond motifs is 1. The molecule has 1 amide bonds. The van der Waals surface area contributed by atoms with Gasteiger partial charge in [-0.1, -0.05) is 12.1 Å². The van der Waals surface area contributed by atoms with E-state index in [1.807, 2.05) is 23.1 Å². The second-order valence-electron chi connectivity index (χ2n) is 6.84. The highest BCUT2D eigenvalue weighted by Crippen LogP contribution is 2.34. The summed E-state index contributed by atoms with van der Waals surface area (Å²) < 4.78 is 13.8. The van der Waals surface area contributed by atoms with E-state index in [4.69, 9.17) is 4.98 Å². The minimum atomic E-state index is -1.04. The number of para-hydroxylation sites is 2. The molecular weight excluding hydrogens is 358 g/mol. The molecule has 0 spiro atoms. The van der Waals surface area contributed by atoms with E-state index in [0.29, 0.717) is 5.56 Å². The number of rotatable bonds is 4. The highest BCUT2D eigenvalue weighted by molar-refractivity contribution is 7.84. The number of likely N-dealkylation sites (tertiary alicyclic amines) is 1.